The molecule has 3 amide bonds. The third kappa shape index (κ3) is 19.3. The van der Waals surface area contributed by atoms with Crippen LogP contribution in [0.4, 0.5) is 0 Å². The van der Waals surface area contributed by atoms with Gasteiger partial charge in [0, 0.05) is 20.8 Å². The Morgan fingerprint density at radius 1 is 0.262 bits per heavy atom. The molecule has 9 heterocycles. The molecule has 27 N–H and O–H groups in total. The summed E-state index contributed by atoms with van der Waals surface area (Å²) in [4.78, 5) is 38.8. The molecule has 47 nitrogen and oxygen atoms in total. The van der Waals surface area contributed by atoms with E-state index in [1.54, 1.807) is 0 Å². The average Bonchev–Trinajstić information content (AvgIpc) is 0.767. The van der Waals surface area contributed by atoms with Gasteiger partial charge in [-0.25, -0.2) is 0 Å². The summed E-state index contributed by atoms with van der Waals surface area (Å²) in [5.74, 6) is -2.72. The summed E-state index contributed by atoms with van der Waals surface area (Å²) >= 11 is 0. The van der Waals surface area contributed by atoms with Gasteiger partial charge in [0.1, 0.15) is 207 Å². The van der Waals surface area contributed by atoms with Crippen LogP contribution < -0.4 is 16.0 Å². The molecule has 47 heteroatoms. The Balaban J connectivity index is 1.02. The maximum atomic E-state index is 13.1. The lowest BCUT2D eigenvalue weighted by atomic mass is 9.93. The van der Waals surface area contributed by atoms with E-state index in [0.717, 1.165) is 20.8 Å². The first-order chi connectivity index (χ1) is 50.5. The molecular formula is C60H101N3O44. The maximum Gasteiger partial charge on any atom is 0.217 e. The van der Waals surface area contributed by atoms with Crippen LogP contribution in [0.2, 0.25) is 0 Å². The van der Waals surface area contributed by atoms with Gasteiger partial charge in [-0.1, -0.05) is 0 Å². The van der Waals surface area contributed by atoms with Crippen molar-refractivity contribution in [2.45, 2.75) is 311 Å². The molecule has 0 saturated carbocycles. The Labute approximate surface area is 606 Å². The smallest absolute Gasteiger partial charge is 0.217 e. The predicted octanol–water partition coefficient (Wildman–Crippen LogP) is -18.1. The van der Waals surface area contributed by atoms with Crippen molar-refractivity contribution in [3.63, 3.8) is 0 Å². The molecule has 0 aromatic rings. The molecule has 9 rings (SSSR count). The summed E-state index contributed by atoms with van der Waals surface area (Å²) in [5.41, 5.74) is 0. The highest BCUT2D eigenvalue weighted by Gasteiger charge is 2.60. The third-order valence-electron chi connectivity index (χ3n) is 19.9. The van der Waals surface area contributed by atoms with E-state index in [9.17, 15) is 137 Å². The number of aliphatic hydroxyl groups excluding tert-OH is 24. The number of hydrogen-bond donors (Lipinski definition) is 27. The van der Waals surface area contributed by atoms with Gasteiger partial charge < -0.3 is 219 Å². The van der Waals surface area contributed by atoms with E-state index in [1.807, 2.05) is 0 Å². The van der Waals surface area contributed by atoms with Gasteiger partial charge in [0.15, 0.2) is 56.6 Å². The standard InChI is InChI=1S/C60H101N3O44/c1-13-28(72)36(80)41(85)55(93-13)91-12-24-47(103-57-43(87)38(82)30(74)18(6-64)96-57)35(79)26(62-16(4)70)54(101-24)107-51-40(84)32(76)20(8-66)98-60(51)92-11-23-33(77)50(106-58-44(88)39(83)31(75)19(7-65)97-58)45(89)59(100-23)102-46-21(9-67)99-53(25(34(46)78)61-15(3)69)104-48-22(10-68)95-52(90)27(63-17(5)71)49(48)105-56-42(86)37(81)29(73)14(2)94-56/h13-14,18-60,64-68,72-90H,6-12H2,1-5H3,(H,61,69)(H,62,70)(H,63,71)/t13-,14-,18-,19-,20-,21-,22-,23-,24-,25-,26-,27-,28+,29+,30+,31-,32-,33-,34-,35-,36+,37+,38+,39+,40+,41-,42-,43-,44+,45+,46-,47-,48-,49-,50+,51+,52-,53+,54+,55+,56-,57+,58-,59+,60+/m1/s1. The van der Waals surface area contributed by atoms with Crippen LogP contribution in [0.15, 0.2) is 0 Å². The highest BCUT2D eigenvalue weighted by molar-refractivity contribution is 5.74. The molecule has 0 spiro atoms. The van der Waals surface area contributed by atoms with Gasteiger partial charge in [0.25, 0.3) is 0 Å². The third-order valence-corrected chi connectivity index (χ3v) is 19.9. The van der Waals surface area contributed by atoms with Gasteiger partial charge in [-0.05, 0) is 13.8 Å². The fraction of sp³-hybridized carbons (Fsp3) is 0.950. The lowest BCUT2D eigenvalue weighted by Crippen LogP contribution is -2.71. The minimum Gasteiger partial charge on any atom is -0.394 e. The first-order valence-electron chi connectivity index (χ1n) is 34.3. The molecule has 620 valence electrons. The summed E-state index contributed by atoms with van der Waals surface area (Å²) in [6.07, 6.45) is -83.6. The quantitative estimate of drug-likeness (QED) is 0.0382. The van der Waals surface area contributed by atoms with Crippen molar-refractivity contribution >= 4 is 17.7 Å². The number of rotatable bonds is 26. The molecule has 0 radical (unpaired) electrons. The molecule has 0 aliphatic carbocycles. The van der Waals surface area contributed by atoms with Crippen LogP contribution >= 0.6 is 0 Å². The SMILES string of the molecule is CC(=O)N[C@@H]1[C@@H](O[C@H]2O[C@H](C)[C@H](O)[C@H](O)[C@H]2O)[C@H](O[C@@H]2O[C@H](CO)[C@@H](O[C@@H]3O[C@H](CO[C@H]4O[C@H](CO)[C@@H](O)[C@H](O)[C@@H]4O[C@@H]4O[C@H](CO[C@H]5O[C@H](C)[C@H](O)[C@H](O)[C@H]5O)[C@@H](O[C@@H]5O[C@H](CO)[C@H](O)[C@H](O)[C@H]5O)[C@H](O)[C@H]4NC(C)=O)[C@@H](O)[C@H](O[C@H]4O[C@H](CO)[C@@H](O)[C@H](O)[C@@H]4O)[C@@H]3O)[C@H](O)[C@H]2NC(C)=O)[C@@H](CO)O[C@H]1O. The normalized spacial score (nSPS) is 50.7. The molecule has 107 heavy (non-hydrogen) atoms. The van der Waals surface area contributed by atoms with Gasteiger partial charge in [0.05, 0.1) is 58.5 Å². The van der Waals surface area contributed by atoms with Gasteiger partial charge in [-0.3, -0.25) is 14.4 Å². The second-order valence-electron chi connectivity index (χ2n) is 27.4. The zero-order valence-corrected chi connectivity index (χ0v) is 57.8. The minimum absolute atomic E-state index is 0.827. The van der Waals surface area contributed by atoms with E-state index in [-0.39, 0.29) is 0 Å². The number of aliphatic hydroxyl groups is 24. The summed E-state index contributed by atoms with van der Waals surface area (Å²) < 4.78 is 101. The molecule has 9 fully saturated rings. The molecular weight excluding hydrogens is 1470 g/mol. The monoisotopic (exact) mass is 1570 g/mol. The number of amides is 3. The molecule has 0 unspecified atom stereocenters. The van der Waals surface area contributed by atoms with Crippen LogP contribution in [0.3, 0.4) is 0 Å². The van der Waals surface area contributed by atoms with E-state index >= 15 is 0 Å². The van der Waals surface area contributed by atoms with Crippen LogP contribution in [0.1, 0.15) is 34.6 Å². The van der Waals surface area contributed by atoms with Crippen LogP contribution in [-0.2, 0) is 94.9 Å². The first-order valence-corrected chi connectivity index (χ1v) is 34.3. The fourth-order valence-electron chi connectivity index (χ4n) is 13.8. The zero-order chi connectivity index (χ0) is 78.8. The Kier molecular flexibility index (Phi) is 31.0. The van der Waals surface area contributed by atoms with Gasteiger partial charge >= 0.3 is 0 Å². The number of ether oxygens (including phenoxy) is 17. The Hall–Kier alpha value is -3.23. The lowest BCUT2D eigenvalue weighted by molar-refractivity contribution is -0.391. The zero-order valence-electron chi connectivity index (χ0n) is 57.8. The van der Waals surface area contributed by atoms with Crippen molar-refractivity contribution in [1.82, 2.24) is 16.0 Å². The van der Waals surface area contributed by atoms with Crippen molar-refractivity contribution in [1.29, 1.82) is 0 Å². The van der Waals surface area contributed by atoms with E-state index in [0.29, 0.717) is 0 Å². The summed E-state index contributed by atoms with van der Waals surface area (Å²) in [6.45, 7) is -1.91. The van der Waals surface area contributed by atoms with Crippen LogP contribution in [0.25, 0.3) is 0 Å². The maximum absolute atomic E-state index is 13.1. The van der Waals surface area contributed by atoms with Crippen molar-refractivity contribution in [3.05, 3.63) is 0 Å². The molecule has 9 saturated heterocycles. The van der Waals surface area contributed by atoms with E-state index in [2.05, 4.69) is 16.0 Å². The Morgan fingerprint density at radius 3 is 1.06 bits per heavy atom. The highest BCUT2D eigenvalue weighted by atomic mass is 16.8. The van der Waals surface area contributed by atoms with Crippen molar-refractivity contribution in [2.24, 2.45) is 0 Å². The van der Waals surface area contributed by atoms with Gasteiger partial charge in [-0.15, -0.1) is 0 Å². The highest BCUT2D eigenvalue weighted by Crippen LogP contribution is 2.40. The molecule has 0 aromatic heterocycles. The number of carbonyl (C=O) groups is 3. The van der Waals surface area contributed by atoms with Gasteiger partial charge in [0.2, 0.25) is 17.7 Å². The largest absolute Gasteiger partial charge is 0.394 e. The molecule has 45 atom stereocenters. The number of hydrogen-bond acceptors (Lipinski definition) is 44. The van der Waals surface area contributed by atoms with Crippen LogP contribution in [0.5, 0.6) is 0 Å². The van der Waals surface area contributed by atoms with E-state index in [4.69, 9.17) is 80.5 Å². The second-order valence-corrected chi connectivity index (χ2v) is 27.4. The Bertz CT molecular complexity index is 2800. The van der Waals surface area contributed by atoms with Crippen molar-refractivity contribution < 1.29 is 217 Å². The molecule has 0 aromatic carbocycles. The molecule has 9 aliphatic rings. The fourth-order valence-corrected chi connectivity index (χ4v) is 13.8. The van der Waals surface area contributed by atoms with Crippen LogP contribution in [-0.4, -0.2) is 463 Å². The minimum atomic E-state index is -2.44. The van der Waals surface area contributed by atoms with Crippen LogP contribution in [0, 0.1) is 0 Å². The summed E-state index contributed by atoms with van der Waals surface area (Å²) in [5, 5.41) is 272. The predicted molar refractivity (Wildman–Crippen MR) is 329 cm³/mol. The lowest BCUT2D eigenvalue weighted by Gasteiger charge is -2.51. The molecule has 0 bridgehead atoms. The topological polar surface area (TPSA) is 730 Å². The van der Waals surface area contributed by atoms with E-state index < -0.39 is 340 Å². The number of nitrogens with one attached hydrogen (secondary N) is 3. The second kappa shape index (κ2) is 37.8. The van der Waals surface area contributed by atoms with E-state index in [1.165, 1.54) is 13.8 Å². The average molecular weight is 1570 g/mol. The first kappa shape index (κ1) is 87.7. The summed E-state index contributed by atoms with van der Waals surface area (Å²) in [6, 6.07) is -5.60. The Morgan fingerprint density at radius 2 is 0.579 bits per heavy atom. The van der Waals surface area contributed by atoms with Crippen molar-refractivity contribution in [3.8, 4) is 0 Å². The molecule has 9 aliphatic heterocycles. The number of carbonyl (C=O) groups excluding carboxylic acids is 3. The van der Waals surface area contributed by atoms with Crippen molar-refractivity contribution in [2.75, 3.05) is 46.2 Å². The van der Waals surface area contributed by atoms with Gasteiger partial charge in [-0.2, -0.15) is 0 Å². The summed E-state index contributed by atoms with van der Waals surface area (Å²) in [7, 11) is 0.